The molecule has 7 heteroatoms. The summed E-state index contributed by atoms with van der Waals surface area (Å²) < 4.78 is 27.2. The van der Waals surface area contributed by atoms with E-state index < -0.39 is 17.7 Å². The third kappa shape index (κ3) is 3.97. The first-order valence-electron chi connectivity index (χ1n) is 11.6. The van der Waals surface area contributed by atoms with Crippen LogP contribution in [0.2, 0.25) is 0 Å². The third-order valence-electron chi connectivity index (χ3n) is 7.03. The molecule has 2 aliphatic rings. The molecule has 0 bridgehead atoms. The molecule has 1 amide bonds. The number of aromatic nitrogens is 1. The number of hydrogen-bond donors (Lipinski definition) is 2. The highest BCUT2D eigenvalue weighted by atomic mass is 19.1. The Labute approximate surface area is 189 Å². The Morgan fingerprint density at radius 1 is 1.25 bits per heavy atom. The van der Waals surface area contributed by atoms with Crippen molar-refractivity contribution in [2.24, 2.45) is 0 Å². The summed E-state index contributed by atoms with van der Waals surface area (Å²) in [5, 5.41) is 10.5. The number of benzene rings is 1. The second-order valence-electron chi connectivity index (χ2n) is 9.98. The molecular formula is C25H34FN3O3. The molecule has 0 unspecified atom stereocenters. The molecule has 6 nitrogen and oxygen atoms in total. The molecule has 1 saturated carbocycles. The van der Waals surface area contributed by atoms with Crippen molar-refractivity contribution in [1.29, 1.82) is 0 Å². The van der Waals surface area contributed by atoms with Crippen LogP contribution in [-0.4, -0.2) is 28.9 Å². The highest BCUT2D eigenvalue weighted by Crippen LogP contribution is 2.46. The van der Waals surface area contributed by atoms with Crippen LogP contribution in [0.3, 0.4) is 0 Å². The molecule has 0 saturated heterocycles. The Balaban J connectivity index is 1.67. The van der Waals surface area contributed by atoms with Crippen molar-refractivity contribution in [2.45, 2.75) is 97.2 Å². The number of ether oxygens (including phenoxy) is 1. The second-order valence-corrected chi connectivity index (χ2v) is 9.98. The quantitative estimate of drug-likeness (QED) is 0.596. The van der Waals surface area contributed by atoms with E-state index >= 15 is 4.39 Å². The van der Waals surface area contributed by atoms with Crippen molar-refractivity contribution in [3.63, 3.8) is 0 Å². The summed E-state index contributed by atoms with van der Waals surface area (Å²) in [6.45, 7) is 11.5. The van der Waals surface area contributed by atoms with E-state index in [-0.39, 0.29) is 17.8 Å². The summed E-state index contributed by atoms with van der Waals surface area (Å²) >= 11 is 0. The van der Waals surface area contributed by atoms with E-state index in [1.165, 1.54) is 6.42 Å². The smallest absolute Gasteiger partial charge is 0.407 e. The molecular weight excluding hydrogens is 409 g/mol. The van der Waals surface area contributed by atoms with Crippen LogP contribution in [0.1, 0.15) is 81.4 Å². The molecule has 0 spiro atoms. The van der Waals surface area contributed by atoms with Crippen LogP contribution in [0.5, 0.6) is 0 Å². The Kier molecular flexibility index (Phi) is 5.94. The number of nitrogens with one attached hydrogen (secondary N) is 2. The van der Waals surface area contributed by atoms with Gasteiger partial charge in [-0.2, -0.15) is 0 Å². The van der Waals surface area contributed by atoms with Gasteiger partial charge in [0.15, 0.2) is 0 Å². The first-order valence-corrected chi connectivity index (χ1v) is 11.6. The lowest BCUT2D eigenvalue weighted by molar-refractivity contribution is 0.0438. The summed E-state index contributed by atoms with van der Waals surface area (Å²) in [5.41, 5.74) is 3.48. The maximum absolute atomic E-state index is 16.0. The summed E-state index contributed by atoms with van der Waals surface area (Å²) in [4.78, 5) is 12.7. The molecule has 2 heterocycles. The monoisotopic (exact) mass is 443 g/mol. The first-order chi connectivity index (χ1) is 15.1. The van der Waals surface area contributed by atoms with Crippen molar-refractivity contribution in [2.75, 3.05) is 5.32 Å². The van der Waals surface area contributed by atoms with Gasteiger partial charge in [0.1, 0.15) is 17.7 Å². The van der Waals surface area contributed by atoms with Crippen LogP contribution in [0.15, 0.2) is 10.6 Å². The Morgan fingerprint density at radius 2 is 1.94 bits per heavy atom. The molecule has 2 atom stereocenters. The normalized spacial score (nSPS) is 22.7. The number of rotatable bonds is 3. The molecule has 1 fully saturated rings. The number of aryl methyl sites for hydroxylation is 3. The van der Waals surface area contributed by atoms with Crippen molar-refractivity contribution in [3.05, 3.63) is 34.5 Å². The van der Waals surface area contributed by atoms with Crippen LogP contribution >= 0.6 is 0 Å². The van der Waals surface area contributed by atoms with Gasteiger partial charge in [-0.05, 0) is 59.1 Å². The summed E-state index contributed by atoms with van der Waals surface area (Å²) in [6.07, 6.45) is 4.47. The number of amides is 1. The number of nitrogens with zero attached hydrogens (tertiary/aromatic N) is 1. The third-order valence-corrected chi connectivity index (χ3v) is 7.03. The zero-order valence-electron chi connectivity index (χ0n) is 19.9. The van der Waals surface area contributed by atoms with E-state index in [0.717, 1.165) is 36.9 Å². The van der Waals surface area contributed by atoms with Gasteiger partial charge >= 0.3 is 6.09 Å². The van der Waals surface area contributed by atoms with Gasteiger partial charge in [0, 0.05) is 28.8 Å². The van der Waals surface area contributed by atoms with E-state index in [1.54, 1.807) is 6.92 Å². The van der Waals surface area contributed by atoms with Crippen molar-refractivity contribution in [3.8, 4) is 11.1 Å². The Hall–Kier alpha value is -2.57. The minimum atomic E-state index is -0.557. The van der Waals surface area contributed by atoms with Gasteiger partial charge in [-0.1, -0.05) is 31.3 Å². The Bertz CT molecular complexity index is 1000. The topological polar surface area (TPSA) is 76.4 Å². The van der Waals surface area contributed by atoms with E-state index in [1.807, 2.05) is 40.7 Å². The number of alkyl carbamates (subject to hydrolysis) is 1. The Morgan fingerprint density at radius 3 is 2.56 bits per heavy atom. The van der Waals surface area contributed by atoms with Gasteiger partial charge < -0.3 is 19.9 Å². The van der Waals surface area contributed by atoms with Gasteiger partial charge in [0.2, 0.25) is 0 Å². The predicted molar refractivity (Wildman–Crippen MR) is 123 cm³/mol. The maximum atomic E-state index is 16.0. The highest BCUT2D eigenvalue weighted by molar-refractivity contribution is 5.77. The van der Waals surface area contributed by atoms with Crippen LogP contribution in [-0.2, 0) is 4.74 Å². The molecule has 1 aliphatic heterocycles. The molecule has 2 N–H and O–H groups in total. The van der Waals surface area contributed by atoms with E-state index in [0.29, 0.717) is 28.1 Å². The number of fused-ring (bicyclic) bond motifs is 1. The maximum Gasteiger partial charge on any atom is 0.407 e. The van der Waals surface area contributed by atoms with Crippen LogP contribution in [0.25, 0.3) is 11.1 Å². The number of carbonyl (C=O) groups is 1. The lowest BCUT2D eigenvalue weighted by Gasteiger charge is -2.45. The number of carbonyl (C=O) groups excluding carboxylic acids is 1. The number of anilines is 1. The molecule has 1 aromatic heterocycles. The molecule has 1 aromatic carbocycles. The van der Waals surface area contributed by atoms with E-state index in [4.69, 9.17) is 9.26 Å². The average Bonchev–Trinajstić information content (AvgIpc) is 3.06. The lowest BCUT2D eigenvalue weighted by atomic mass is 9.76. The zero-order chi connectivity index (χ0) is 23.2. The number of hydrogen-bond acceptors (Lipinski definition) is 5. The number of halogens is 1. The van der Waals surface area contributed by atoms with Crippen LogP contribution in [0.4, 0.5) is 14.9 Å². The highest BCUT2D eigenvalue weighted by Gasteiger charge is 2.45. The van der Waals surface area contributed by atoms with Gasteiger partial charge in [-0.15, -0.1) is 0 Å². The summed E-state index contributed by atoms with van der Waals surface area (Å²) in [6, 6.07) is 2.00. The van der Waals surface area contributed by atoms with Gasteiger partial charge in [0.25, 0.3) is 0 Å². The SMILES string of the molecule is Cc1cc(-c2c(C)noc2C)c(F)c2c1NC(C)(C)[C@@H](OC(=O)NC1CCCCC1)[C@@H]2C. The first kappa shape index (κ1) is 22.6. The summed E-state index contributed by atoms with van der Waals surface area (Å²) in [7, 11) is 0. The fraction of sp³-hybridized carbons (Fsp3) is 0.600. The average molecular weight is 444 g/mol. The molecule has 174 valence electrons. The molecule has 1 aliphatic carbocycles. The fourth-order valence-corrected chi connectivity index (χ4v) is 5.44. The lowest BCUT2D eigenvalue weighted by Crippen LogP contribution is -2.54. The molecule has 32 heavy (non-hydrogen) atoms. The van der Waals surface area contributed by atoms with E-state index in [9.17, 15) is 4.79 Å². The van der Waals surface area contributed by atoms with Gasteiger partial charge in [0.05, 0.1) is 16.8 Å². The van der Waals surface area contributed by atoms with Gasteiger partial charge in [-0.25, -0.2) is 9.18 Å². The van der Waals surface area contributed by atoms with Crippen LogP contribution < -0.4 is 10.6 Å². The van der Waals surface area contributed by atoms with Crippen molar-refractivity contribution >= 4 is 11.8 Å². The van der Waals surface area contributed by atoms with Gasteiger partial charge in [-0.3, -0.25) is 0 Å². The van der Waals surface area contributed by atoms with Crippen molar-refractivity contribution in [1.82, 2.24) is 10.5 Å². The molecule has 0 radical (unpaired) electrons. The van der Waals surface area contributed by atoms with Crippen LogP contribution in [0, 0.1) is 26.6 Å². The second kappa shape index (κ2) is 8.41. The predicted octanol–water partition coefficient (Wildman–Crippen LogP) is 6.14. The zero-order valence-corrected chi connectivity index (χ0v) is 19.9. The standard InChI is InChI=1S/C25H34FN3O3/c1-13-12-18(20-15(3)29-32-16(20)4)21(26)19-14(2)23(25(5,6)28-22(13)19)31-24(30)27-17-10-8-7-9-11-17/h12,14,17,23,28H,7-11H2,1-6H3,(H,27,30)/t14-,23+/m1/s1. The van der Waals surface area contributed by atoms with E-state index in [2.05, 4.69) is 15.8 Å². The minimum Gasteiger partial charge on any atom is -0.443 e. The fourth-order valence-electron chi connectivity index (χ4n) is 5.44. The largest absolute Gasteiger partial charge is 0.443 e. The summed E-state index contributed by atoms with van der Waals surface area (Å²) in [5.74, 6) is -0.0774. The minimum absolute atomic E-state index is 0.156. The molecule has 4 rings (SSSR count). The molecule has 2 aromatic rings. The van der Waals surface area contributed by atoms with Crippen molar-refractivity contribution < 1.29 is 18.4 Å².